The van der Waals surface area contributed by atoms with Crippen LogP contribution in [0.1, 0.15) is 45.1 Å². The average molecular weight is 407 g/mol. The molecule has 1 aromatic rings. The largest absolute Gasteiger partial charge is 0.356 e. The summed E-state index contributed by atoms with van der Waals surface area (Å²) in [5, 5.41) is 7.21. The Balaban J connectivity index is 1.50. The van der Waals surface area contributed by atoms with E-state index >= 15 is 0 Å². The molecule has 2 N–H and O–H groups in total. The molecule has 138 valence electrons. The fraction of sp³-hybridized carbons (Fsp3) is 0.650. The Morgan fingerprint density at radius 2 is 2.04 bits per heavy atom. The minimum atomic E-state index is 0.280. The number of guanidine groups is 1. The van der Waals surface area contributed by atoms with E-state index in [9.17, 15) is 0 Å². The minimum absolute atomic E-state index is 0.280. The molecule has 5 heteroatoms. The molecule has 25 heavy (non-hydrogen) atoms. The Bertz CT molecular complexity index is 601. The van der Waals surface area contributed by atoms with Crippen LogP contribution >= 0.6 is 15.9 Å². The highest BCUT2D eigenvalue weighted by atomic mass is 79.9. The van der Waals surface area contributed by atoms with Crippen molar-refractivity contribution in [2.24, 2.45) is 4.99 Å². The predicted molar refractivity (Wildman–Crippen MR) is 109 cm³/mol. The Hall–Kier alpha value is -1.07. The van der Waals surface area contributed by atoms with Crippen LogP contribution < -0.4 is 10.6 Å². The van der Waals surface area contributed by atoms with Crippen LogP contribution in [0.25, 0.3) is 0 Å². The molecular weight excluding hydrogens is 376 g/mol. The van der Waals surface area contributed by atoms with Gasteiger partial charge in [0.05, 0.1) is 0 Å². The lowest BCUT2D eigenvalue weighted by Crippen LogP contribution is -2.50. The first kappa shape index (κ1) is 18.7. The number of halogens is 1. The summed E-state index contributed by atoms with van der Waals surface area (Å²) < 4.78 is 1.16. The molecule has 0 atom stereocenters. The van der Waals surface area contributed by atoms with Crippen molar-refractivity contribution in [1.29, 1.82) is 0 Å². The Labute approximate surface area is 160 Å². The SMILES string of the molecule is CN=C(NCC1(c2cccc(Br)c2)CC1)NC1CCN(C(C)C)CC1. The Kier molecular flexibility index (Phi) is 6.05. The lowest BCUT2D eigenvalue weighted by Gasteiger charge is -2.35. The second kappa shape index (κ2) is 8.09. The maximum absolute atomic E-state index is 4.45. The molecule has 1 heterocycles. The number of likely N-dealkylation sites (tertiary alicyclic amines) is 1. The molecule has 3 rings (SSSR count). The predicted octanol–water partition coefficient (Wildman–Crippen LogP) is 3.52. The second-order valence-corrected chi connectivity index (χ2v) is 8.68. The summed E-state index contributed by atoms with van der Waals surface area (Å²) in [4.78, 5) is 7.01. The number of aliphatic imine (C=N–C) groups is 1. The number of nitrogens with zero attached hydrogens (tertiary/aromatic N) is 2. The summed E-state index contributed by atoms with van der Waals surface area (Å²) in [6.07, 6.45) is 4.88. The topological polar surface area (TPSA) is 39.7 Å². The van der Waals surface area contributed by atoms with E-state index in [0.717, 1.165) is 17.0 Å². The monoisotopic (exact) mass is 406 g/mol. The molecule has 1 saturated carbocycles. The minimum Gasteiger partial charge on any atom is -0.356 e. The third-order valence-electron chi connectivity index (χ3n) is 5.71. The molecule has 4 nitrogen and oxygen atoms in total. The van der Waals surface area contributed by atoms with Crippen LogP contribution in [0.4, 0.5) is 0 Å². The molecule has 0 amide bonds. The van der Waals surface area contributed by atoms with Gasteiger partial charge >= 0.3 is 0 Å². The maximum atomic E-state index is 4.45. The van der Waals surface area contributed by atoms with Crippen molar-refractivity contribution in [3.05, 3.63) is 34.3 Å². The van der Waals surface area contributed by atoms with Gasteiger partial charge in [-0.05, 0) is 57.2 Å². The molecule has 1 aromatic carbocycles. The number of rotatable bonds is 5. The standard InChI is InChI=1S/C20H31BrN4/c1-15(2)25-11-7-18(8-12-25)24-19(22-3)23-14-20(9-10-20)16-5-4-6-17(21)13-16/h4-6,13,15,18H,7-12,14H2,1-3H3,(H2,22,23,24). The average Bonchev–Trinajstić information content (AvgIpc) is 3.40. The van der Waals surface area contributed by atoms with E-state index in [1.54, 1.807) is 0 Å². The number of benzene rings is 1. The summed E-state index contributed by atoms with van der Waals surface area (Å²) in [6, 6.07) is 9.91. The summed E-state index contributed by atoms with van der Waals surface area (Å²) in [6.45, 7) is 7.87. The van der Waals surface area contributed by atoms with Crippen molar-refractivity contribution in [3.8, 4) is 0 Å². The number of hydrogen-bond acceptors (Lipinski definition) is 2. The van der Waals surface area contributed by atoms with Gasteiger partial charge in [-0.3, -0.25) is 4.99 Å². The van der Waals surface area contributed by atoms with Gasteiger partial charge in [-0.25, -0.2) is 0 Å². The molecule has 0 unspecified atom stereocenters. The number of hydrogen-bond donors (Lipinski definition) is 2. The molecule has 2 aliphatic rings. The first-order valence-corrected chi connectivity index (χ1v) is 10.3. The third kappa shape index (κ3) is 4.76. The molecule has 0 spiro atoms. The highest BCUT2D eigenvalue weighted by molar-refractivity contribution is 9.10. The van der Waals surface area contributed by atoms with Crippen molar-refractivity contribution >= 4 is 21.9 Å². The summed E-state index contributed by atoms with van der Waals surface area (Å²) in [7, 11) is 1.87. The highest BCUT2D eigenvalue weighted by Gasteiger charge is 2.44. The molecule has 1 saturated heterocycles. The van der Waals surface area contributed by atoms with E-state index in [4.69, 9.17) is 0 Å². The van der Waals surface area contributed by atoms with Crippen molar-refractivity contribution in [1.82, 2.24) is 15.5 Å². The Morgan fingerprint density at radius 1 is 1.32 bits per heavy atom. The fourth-order valence-corrected chi connectivity index (χ4v) is 4.14. The number of piperidine rings is 1. The van der Waals surface area contributed by atoms with E-state index in [2.05, 4.69) is 74.6 Å². The van der Waals surface area contributed by atoms with Crippen LogP contribution in [-0.4, -0.2) is 49.6 Å². The Morgan fingerprint density at radius 3 is 2.60 bits per heavy atom. The fourth-order valence-electron chi connectivity index (χ4n) is 3.74. The van der Waals surface area contributed by atoms with Crippen LogP contribution in [-0.2, 0) is 5.41 Å². The van der Waals surface area contributed by atoms with Crippen LogP contribution in [0.15, 0.2) is 33.7 Å². The maximum Gasteiger partial charge on any atom is 0.191 e. The van der Waals surface area contributed by atoms with Crippen LogP contribution in [0.5, 0.6) is 0 Å². The zero-order valence-corrected chi connectivity index (χ0v) is 17.3. The second-order valence-electron chi connectivity index (χ2n) is 7.76. The molecule has 1 aliphatic heterocycles. The van der Waals surface area contributed by atoms with Gasteiger partial charge in [0.15, 0.2) is 5.96 Å². The lowest BCUT2D eigenvalue weighted by molar-refractivity contribution is 0.167. The highest BCUT2D eigenvalue weighted by Crippen LogP contribution is 2.48. The van der Waals surface area contributed by atoms with Crippen LogP contribution in [0, 0.1) is 0 Å². The molecular formula is C20H31BrN4. The first-order valence-electron chi connectivity index (χ1n) is 9.50. The number of nitrogens with one attached hydrogen (secondary N) is 2. The summed E-state index contributed by atoms with van der Waals surface area (Å²) in [5.41, 5.74) is 1.71. The lowest BCUT2D eigenvalue weighted by atomic mass is 9.96. The van der Waals surface area contributed by atoms with Crippen molar-refractivity contribution in [3.63, 3.8) is 0 Å². The zero-order valence-electron chi connectivity index (χ0n) is 15.7. The summed E-state index contributed by atoms with van der Waals surface area (Å²) in [5.74, 6) is 0.948. The van der Waals surface area contributed by atoms with Crippen LogP contribution in [0.2, 0.25) is 0 Å². The van der Waals surface area contributed by atoms with Gasteiger partial charge in [-0.15, -0.1) is 0 Å². The van der Waals surface area contributed by atoms with Crippen molar-refractivity contribution in [2.75, 3.05) is 26.7 Å². The van der Waals surface area contributed by atoms with E-state index in [1.807, 2.05) is 7.05 Å². The van der Waals surface area contributed by atoms with E-state index in [1.165, 1.54) is 44.3 Å². The van der Waals surface area contributed by atoms with Gasteiger partial charge in [0.1, 0.15) is 0 Å². The summed E-state index contributed by atoms with van der Waals surface area (Å²) >= 11 is 3.60. The van der Waals surface area contributed by atoms with E-state index in [0.29, 0.717) is 12.1 Å². The van der Waals surface area contributed by atoms with Gasteiger partial charge in [0, 0.05) is 48.7 Å². The van der Waals surface area contributed by atoms with Gasteiger partial charge in [-0.1, -0.05) is 28.1 Å². The third-order valence-corrected chi connectivity index (χ3v) is 6.20. The normalized spacial score (nSPS) is 21.4. The van der Waals surface area contributed by atoms with Crippen molar-refractivity contribution < 1.29 is 0 Å². The van der Waals surface area contributed by atoms with Gasteiger partial charge in [-0.2, -0.15) is 0 Å². The molecule has 0 aromatic heterocycles. The molecule has 1 aliphatic carbocycles. The first-order chi connectivity index (χ1) is 12.0. The van der Waals surface area contributed by atoms with E-state index in [-0.39, 0.29) is 5.41 Å². The molecule has 2 fully saturated rings. The van der Waals surface area contributed by atoms with Crippen molar-refractivity contribution in [2.45, 2.75) is 57.0 Å². The van der Waals surface area contributed by atoms with Gasteiger partial charge in [0.25, 0.3) is 0 Å². The molecule has 0 radical (unpaired) electrons. The smallest absolute Gasteiger partial charge is 0.191 e. The van der Waals surface area contributed by atoms with Gasteiger partial charge in [0.2, 0.25) is 0 Å². The quantitative estimate of drug-likeness (QED) is 0.580. The molecule has 0 bridgehead atoms. The zero-order chi connectivity index (χ0) is 17.9. The van der Waals surface area contributed by atoms with Crippen LogP contribution in [0.3, 0.4) is 0 Å². The van der Waals surface area contributed by atoms with Gasteiger partial charge < -0.3 is 15.5 Å². The van der Waals surface area contributed by atoms with E-state index < -0.39 is 0 Å².